The lowest BCUT2D eigenvalue weighted by Gasteiger charge is -2.26. The molecule has 0 saturated carbocycles. The van der Waals surface area contributed by atoms with Crippen molar-refractivity contribution in [2.75, 3.05) is 5.32 Å². The van der Waals surface area contributed by atoms with Crippen LogP contribution >= 0.6 is 15.9 Å². The predicted octanol–water partition coefficient (Wildman–Crippen LogP) is 2.95. The van der Waals surface area contributed by atoms with Crippen LogP contribution in [0.5, 0.6) is 0 Å². The first-order chi connectivity index (χ1) is 8.46. The summed E-state index contributed by atoms with van der Waals surface area (Å²) in [7, 11) is 0. The molecule has 1 unspecified atom stereocenters. The van der Waals surface area contributed by atoms with Crippen molar-refractivity contribution in [1.82, 2.24) is 0 Å². The molecular weight excluding hydrogens is 339 g/mol. The van der Waals surface area contributed by atoms with E-state index in [-0.39, 0.29) is 4.47 Å². The second kappa shape index (κ2) is 5.04. The number of rotatable bonds is 2. The van der Waals surface area contributed by atoms with E-state index in [4.69, 9.17) is 5.73 Å². The van der Waals surface area contributed by atoms with Crippen molar-refractivity contribution in [1.29, 1.82) is 0 Å². The molecule has 1 aromatic carbocycles. The smallest absolute Gasteiger partial charge is 0.321 e. The van der Waals surface area contributed by atoms with Crippen molar-refractivity contribution < 1.29 is 26.7 Å². The fourth-order valence-corrected chi connectivity index (χ4v) is 1.54. The highest BCUT2D eigenvalue weighted by Crippen LogP contribution is 2.31. The number of hydrogen-bond acceptors (Lipinski definition) is 2. The lowest BCUT2D eigenvalue weighted by atomic mass is 10.0. The van der Waals surface area contributed by atoms with E-state index in [2.05, 4.69) is 15.9 Å². The first kappa shape index (κ1) is 15.8. The first-order valence-corrected chi connectivity index (χ1v) is 5.57. The van der Waals surface area contributed by atoms with Gasteiger partial charge in [-0.2, -0.15) is 13.2 Å². The molecule has 19 heavy (non-hydrogen) atoms. The number of anilines is 1. The summed E-state index contributed by atoms with van der Waals surface area (Å²) in [5, 5.41) is 1.68. The van der Waals surface area contributed by atoms with Gasteiger partial charge in [0.05, 0.1) is 5.69 Å². The van der Waals surface area contributed by atoms with Crippen LogP contribution in [0.1, 0.15) is 6.92 Å². The molecule has 3 N–H and O–H groups in total. The van der Waals surface area contributed by atoms with Crippen molar-refractivity contribution in [3.8, 4) is 0 Å². The van der Waals surface area contributed by atoms with Crippen LogP contribution in [0.25, 0.3) is 0 Å². The Bertz CT molecular complexity index is 492. The molecule has 9 heteroatoms. The van der Waals surface area contributed by atoms with E-state index in [1.807, 2.05) is 0 Å². The van der Waals surface area contributed by atoms with E-state index >= 15 is 0 Å². The third-order valence-electron chi connectivity index (χ3n) is 2.31. The van der Waals surface area contributed by atoms with Gasteiger partial charge in [0.2, 0.25) is 0 Å². The molecule has 106 valence electrons. The van der Waals surface area contributed by atoms with E-state index in [1.54, 1.807) is 5.32 Å². The molecule has 0 spiro atoms. The van der Waals surface area contributed by atoms with Crippen LogP contribution in [0.3, 0.4) is 0 Å². The van der Waals surface area contributed by atoms with Gasteiger partial charge in [0.15, 0.2) is 11.4 Å². The Balaban J connectivity index is 3.08. The summed E-state index contributed by atoms with van der Waals surface area (Å²) in [4.78, 5) is 11.4. The summed E-state index contributed by atoms with van der Waals surface area (Å²) in [6, 6.07) is 1.21. The van der Waals surface area contributed by atoms with Gasteiger partial charge < -0.3 is 11.1 Å². The molecule has 0 aliphatic carbocycles. The van der Waals surface area contributed by atoms with Gasteiger partial charge in [-0.3, -0.25) is 4.79 Å². The highest BCUT2D eigenvalue weighted by atomic mass is 79.9. The summed E-state index contributed by atoms with van der Waals surface area (Å²) in [5.41, 5.74) is 1.05. The minimum absolute atomic E-state index is 0.240. The molecule has 1 rings (SSSR count). The van der Waals surface area contributed by atoms with Gasteiger partial charge >= 0.3 is 6.18 Å². The zero-order valence-electron chi connectivity index (χ0n) is 9.41. The topological polar surface area (TPSA) is 55.1 Å². The Morgan fingerprint density at radius 1 is 1.32 bits per heavy atom. The summed E-state index contributed by atoms with van der Waals surface area (Å²) < 4.78 is 63.4. The molecular formula is C10H8BrF5N2O. The van der Waals surface area contributed by atoms with E-state index < -0.39 is 34.9 Å². The Kier molecular flexibility index (Phi) is 4.20. The van der Waals surface area contributed by atoms with Gasteiger partial charge in [-0.05, 0) is 28.9 Å². The minimum Gasteiger partial charge on any atom is -0.321 e. The molecule has 0 aliphatic heterocycles. The number of halogens is 6. The maximum absolute atomic E-state index is 13.3. The van der Waals surface area contributed by atoms with E-state index in [0.717, 1.165) is 6.07 Å². The zero-order chi connectivity index (χ0) is 15.0. The Hall–Kier alpha value is -1.22. The summed E-state index contributed by atoms with van der Waals surface area (Å²) >= 11 is 2.73. The number of amides is 1. The number of alkyl halides is 3. The number of hydrogen-bond donors (Lipinski definition) is 2. The molecule has 0 saturated heterocycles. The van der Waals surface area contributed by atoms with Gasteiger partial charge in [-0.25, -0.2) is 8.78 Å². The largest absolute Gasteiger partial charge is 0.415 e. The third-order valence-corrected chi connectivity index (χ3v) is 2.93. The molecule has 1 amide bonds. The average Bonchev–Trinajstić information content (AvgIpc) is 2.21. The highest BCUT2D eigenvalue weighted by Gasteiger charge is 2.54. The van der Waals surface area contributed by atoms with Crippen molar-refractivity contribution in [3.05, 3.63) is 28.2 Å². The molecule has 0 radical (unpaired) electrons. The molecule has 0 fully saturated rings. The maximum atomic E-state index is 13.3. The van der Waals surface area contributed by atoms with Crippen LogP contribution in [-0.4, -0.2) is 17.6 Å². The molecule has 1 atom stereocenters. The fraction of sp³-hybridized carbons (Fsp3) is 0.300. The molecule has 3 nitrogen and oxygen atoms in total. The number of carbonyl (C=O) groups is 1. The number of nitrogens with two attached hydrogens (primary N) is 1. The summed E-state index contributed by atoms with van der Waals surface area (Å²) in [5.74, 6) is -3.84. The van der Waals surface area contributed by atoms with Crippen LogP contribution < -0.4 is 11.1 Å². The zero-order valence-corrected chi connectivity index (χ0v) is 11.0. The van der Waals surface area contributed by atoms with Crippen LogP contribution in [0, 0.1) is 11.6 Å². The first-order valence-electron chi connectivity index (χ1n) is 4.78. The molecule has 0 aliphatic rings. The minimum atomic E-state index is -5.01. The van der Waals surface area contributed by atoms with Crippen molar-refractivity contribution in [3.63, 3.8) is 0 Å². The van der Waals surface area contributed by atoms with Crippen molar-refractivity contribution >= 4 is 27.5 Å². The van der Waals surface area contributed by atoms with Crippen LogP contribution in [0.4, 0.5) is 27.6 Å². The standard InChI is InChI=1S/C10H8BrF5N2O/c1-9(17,10(14,15)16)8(19)18-7-5(11)2-4(12)3-6(7)13/h2-3H,17H2,1H3,(H,18,19). The maximum Gasteiger partial charge on any atom is 0.415 e. The molecule has 1 aromatic rings. The Labute approximate surface area is 113 Å². The van der Waals surface area contributed by atoms with Crippen molar-refractivity contribution in [2.24, 2.45) is 5.73 Å². The molecule has 0 bridgehead atoms. The van der Waals surface area contributed by atoms with Gasteiger partial charge in [-0.1, -0.05) is 0 Å². The number of nitrogens with one attached hydrogen (secondary N) is 1. The lowest BCUT2D eigenvalue weighted by Crippen LogP contribution is -2.59. The van der Waals surface area contributed by atoms with Gasteiger partial charge in [0, 0.05) is 10.5 Å². The second-order valence-electron chi connectivity index (χ2n) is 3.90. The SMILES string of the molecule is CC(N)(C(=O)Nc1c(F)cc(F)cc1Br)C(F)(F)F. The highest BCUT2D eigenvalue weighted by molar-refractivity contribution is 9.10. The normalized spacial score (nSPS) is 14.9. The van der Waals surface area contributed by atoms with Gasteiger partial charge in [0.1, 0.15) is 5.82 Å². The van der Waals surface area contributed by atoms with Crippen molar-refractivity contribution in [2.45, 2.75) is 18.6 Å². The average molecular weight is 347 g/mol. The van der Waals surface area contributed by atoms with Gasteiger partial charge in [0.25, 0.3) is 5.91 Å². The number of benzene rings is 1. The monoisotopic (exact) mass is 346 g/mol. The number of carbonyl (C=O) groups excluding carboxylic acids is 1. The molecule has 0 aromatic heterocycles. The van der Waals surface area contributed by atoms with E-state index in [1.165, 1.54) is 0 Å². The van der Waals surface area contributed by atoms with E-state index in [0.29, 0.717) is 13.0 Å². The summed E-state index contributed by atoms with van der Waals surface area (Å²) in [6.45, 7) is 0.442. The fourth-order valence-electron chi connectivity index (χ4n) is 1.03. The van der Waals surface area contributed by atoms with Crippen LogP contribution in [0.15, 0.2) is 16.6 Å². The van der Waals surface area contributed by atoms with Crippen LogP contribution in [-0.2, 0) is 4.79 Å². The van der Waals surface area contributed by atoms with Gasteiger partial charge in [-0.15, -0.1) is 0 Å². The Morgan fingerprint density at radius 3 is 2.26 bits per heavy atom. The molecule has 0 heterocycles. The summed E-state index contributed by atoms with van der Waals surface area (Å²) in [6.07, 6.45) is -5.01. The third kappa shape index (κ3) is 3.21. The predicted molar refractivity (Wildman–Crippen MR) is 61.3 cm³/mol. The quantitative estimate of drug-likeness (QED) is 0.809. The van der Waals surface area contributed by atoms with Crippen LogP contribution in [0.2, 0.25) is 0 Å². The Morgan fingerprint density at radius 2 is 1.84 bits per heavy atom. The van der Waals surface area contributed by atoms with E-state index in [9.17, 15) is 26.7 Å². The lowest BCUT2D eigenvalue weighted by molar-refractivity contribution is -0.184. The second-order valence-corrected chi connectivity index (χ2v) is 4.75.